The van der Waals surface area contributed by atoms with Gasteiger partial charge in [-0.2, -0.15) is 0 Å². The standard InChI is InChI=1S/C18H28FNO2/c1-12(2)15(21)17(3,4)11-20-16(22)18(5,6)13-8-7-9-14(19)10-13/h7-10,12,15,21H,11H2,1-6H3,(H,20,22). The fraction of sp³-hybridized carbons (Fsp3) is 0.611. The van der Waals surface area contributed by atoms with Gasteiger partial charge in [-0.3, -0.25) is 4.79 Å². The Morgan fingerprint density at radius 3 is 2.36 bits per heavy atom. The monoisotopic (exact) mass is 309 g/mol. The summed E-state index contributed by atoms with van der Waals surface area (Å²) in [5, 5.41) is 13.1. The van der Waals surface area contributed by atoms with E-state index >= 15 is 0 Å². The van der Waals surface area contributed by atoms with E-state index in [-0.39, 0.29) is 17.6 Å². The van der Waals surface area contributed by atoms with E-state index in [2.05, 4.69) is 5.32 Å². The fourth-order valence-corrected chi connectivity index (χ4v) is 2.54. The van der Waals surface area contributed by atoms with Crippen molar-refractivity contribution in [2.24, 2.45) is 11.3 Å². The summed E-state index contributed by atoms with van der Waals surface area (Å²) in [5.74, 6) is -0.417. The number of rotatable bonds is 6. The zero-order chi connectivity index (χ0) is 17.1. The molecule has 1 amide bonds. The van der Waals surface area contributed by atoms with Gasteiger partial charge >= 0.3 is 0 Å². The Balaban J connectivity index is 2.80. The summed E-state index contributed by atoms with van der Waals surface area (Å²) >= 11 is 0. The number of hydrogen-bond donors (Lipinski definition) is 2. The Kier molecular flexibility index (Phi) is 5.74. The predicted molar refractivity (Wildman–Crippen MR) is 87.1 cm³/mol. The molecular formula is C18H28FNO2. The molecule has 1 rings (SSSR count). The number of amides is 1. The molecule has 1 unspecified atom stereocenters. The van der Waals surface area contributed by atoms with Crippen LogP contribution in [0.15, 0.2) is 24.3 Å². The van der Waals surface area contributed by atoms with Gasteiger partial charge < -0.3 is 10.4 Å². The second kappa shape index (κ2) is 6.78. The Bertz CT molecular complexity index is 524. The van der Waals surface area contributed by atoms with Crippen LogP contribution in [-0.2, 0) is 10.2 Å². The molecule has 124 valence electrons. The van der Waals surface area contributed by atoms with Gasteiger partial charge in [-0.1, -0.05) is 39.8 Å². The van der Waals surface area contributed by atoms with E-state index in [1.807, 2.05) is 27.7 Å². The first-order chi connectivity index (χ1) is 9.98. The normalized spacial score (nSPS) is 14.0. The van der Waals surface area contributed by atoms with Gasteiger partial charge in [0, 0.05) is 12.0 Å². The number of carbonyl (C=O) groups excluding carboxylic acids is 1. The maximum atomic E-state index is 13.4. The van der Waals surface area contributed by atoms with Crippen molar-refractivity contribution >= 4 is 5.91 Å². The van der Waals surface area contributed by atoms with Crippen LogP contribution in [0.2, 0.25) is 0 Å². The zero-order valence-corrected chi connectivity index (χ0v) is 14.4. The van der Waals surface area contributed by atoms with E-state index in [9.17, 15) is 14.3 Å². The lowest BCUT2D eigenvalue weighted by Crippen LogP contribution is -2.48. The predicted octanol–water partition coefficient (Wildman–Crippen LogP) is 3.26. The Morgan fingerprint density at radius 2 is 1.86 bits per heavy atom. The average Bonchev–Trinajstić information content (AvgIpc) is 2.43. The quantitative estimate of drug-likeness (QED) is 0.847. The maximum Gasteiger partial charge on any atom is 0.230 e. The molecule has 0 saturated carbocycles. The summed E-state index contributed by atoms with van der Waals surface area (Å²) in [6.45, 7) is 11.6. The second-order valence-corrected chi connectivity index (χ2v) is 7.50. The zero-order valence-electron chi connectivity index (χ0n) is 14.4. The average molecular weight is 309 g/mol. The van der Waals surface area contributed by atoms with Gasteiger partial charge in [0.15, 0.2) is 0 Å². The highest BCUT2D eigenvalue weighted by molar-refractivity contribution is 5.87. The molecule has 1 aromatic carbocycles. The first kappa shape index (κ1) is 18.6. The van der Waals surface area contributed by atoms with Gasteiger partial charge in [-0.15, -0.1) is 0 Å². The number of aliphatic hydroxyl groups excluding tert-OH is 1. The smallest absolute Gasteiger partial charge is 0.230 e. The number of carbonyl (C=O) groups is 1. The first-order valence-corrected chi connectivity index (χ1v) is 7.71. The molecule has 1 atom stereocenters. The van der Waals surface area contributed by atoms with Crippen molar-refractivity contribution in [1.82, 2.24) is 5.32 Å². The molecule has 0 aromatic heterocycles. The molecule has 0 spiro atoms. The van der Waals surface area contributed by atoms with E-state index in [1.54, 1.807) is 26.0 Å². The molecule has 3 nitrogen and oxygen atoms in total. The van der Waals surface area contributed by atoms with E-state index < -0.39 is 16.9 Å². The molecule has 0 saturated heterocycles. The van der Waals surface area contributed by atoms with Crippen LogP contribution in [-0.4, -0.2) is 23.7 Å². The van der Waals surface area contributed by atoms with Gasteiger partial charge in [-0.25, -0.2) is 4.39 Å². The van der Waals surface area contributed by atoms with Crippen LogP contribution in [0.5, 0.6) is 0 Å². The van der Waals surface area contributed by atoms with Crippen LogP contribution in [0, 0.1) is 17.2 Å². The Morgan fingerprint density at radius 1 is 1.27 bits per heavy atom. The highest BCUT2D eigenvalue weighted by Gasteiger charge is 2.34. The van der Waals surface area contributed by atoms with Gasteiger partial charge in [0.1, 0.15) is 5.82 Å². The largest absolute Gasteiger partial charge is 0.392 e. The molecule has 2 N–H and O–H groups in total. The molecule has 0 heterocycles. The molecule has 1 aromatic rings. The van der Waals surface area contributed by atoms with Gasteiger partial charge in [0.2, 0.25) is 5.91 Å². The molecule has 0 aliphatic rings. The number of benzene rings is 1. The third kappa shape index (κ3) is 4.29. The summed E-state index contributed by atoms with van der Waals surface area (Å²) in [5.41, 5.74) is -0.629. The van der Waals surface area contributed by atoms with Crippen molar-refractivity contribution in [3.63, 3.8) is 0 Å². The number of nitrogens with one attached hydrogen (secondary N) is 1. The van der Waals surface area contributed by atoms with E-state index in [4.69, 9.17) is 0 Å². The highest BCUT2D eigenvalue weighted by atomic mass is 19.1. The van der Waals surface area contributed by atoms with Gasteiger partial charge in [0.25, 0.3) is 0 Å². The molecule has 0 bridgehead atoms. The van der Waals surface area contributed by atoms with Gasteiger partial charge in [0.05, 0.1) is 11.5 Å². The summed E-state index contributed by atoms with van der Waals surface area (Å²) in [7, 11) is 0. The lowest BCUT2D eigenvalue weighted by Gasteiger charge is -2.34. The third-order valence-corrected chi connectivity index (χ3v) is 4.25. The minimum atomic E-state index is -0.832. The highest BCUT2D eigenvalue weighted by Crippen LogP contribution is 2.27. The summed E-state index contributed by atoms with van der Waals surface area (Å²) < 4.78 is 13.4. The topological polar surface area (TPSA) is 49.3 Å². The summed E-state index contributed by atoms with van der Waals surface area (Å²) in [6.07, 6.45) is -0.509. The number of halogens is 1. The maximum absolute atomic E-state index is 13.4. The lowest BCUT2D eigenvalue weighted by molar-refractivity contribution is -0.126. The van der Waals surface area contributed by atoms with Crippen LogP contribution >= 0.6 is 0 Å². The van der Waals surface area contributed by atoms with Crippen molar-refractivity contribution < 1.29 is 14.3 Å². The molecule has 0 aliphatic carbocycles. The molecule has 22 heavy (non-hydrogen) atoms. The minimum Gasteiger partial charge on any atom is -0.392 e. The van der Waals surface area contributed by atoms with Crippen LogP contribution in [0.4, 0.5) is 4.39 Å². The van der Waals surface area contributed by atoms with Crippen molar-refractivity contribution in [3.05, 3.63) is 35.6 Å². The van der Waals surface area contributed by atoms with Crippen molar-refractivity contribution in [2.75, 3.05) is 6.54 Å². The van der Waals surface area contributed by atoms with Crippen molar-refractivity contribution in [2.45, 2.75) is 53.1 Å². The van der Waals surface area contributed by atoms with Crippen molar-refractivity contribution in [1.29, 1.82) is 0 Å². The summed E-state index contributed by atoms with van der Waals surface area (Å²) in [6, 6.07) is 6.09. The minimum absolute atomic E-state index is 0.114. The Labute approximate surface area is 132 Å². The molecule has 4 heteroatoms. The second-order valence-electron chi connectivity index (χ2n) is 7.50. The SMILES string of the molecule is CC(C)C(O)C(C)(C)CNC(=O)C(C)(C)c1cccc(F)c1. The third-order valence-electron chi connectivity index (χ3n) is 4.25. The molecule has 0 aliphatic heterocycles. The molecule has 0 radical (unpaired) electrons. The van der Waals surface area contributed by atoms with Gasteiger partial charge in [-0.05, 0) is 37.5 Å². The lowest BCUT2D eigenvalue weighted by atomic mass is 9.79. The van der Waals surface area contributed by atoms with E-state index in [0.717, 1.165) is 0 Å². The van der Waals surface area contributed by atoms with Crippen LogP contribution in [0.25, 0.3) is 0 Å². The Hall–Kier alpha value is -1.42. The molecule has 0 fully saturated rings. The van der Waals surface area contributed by atoms with Crippen LogP contribution in [0.1, 0.15) is 47.1 Å². The van der Waals surface area contributed by atoms with E-state index in [1.165, 1.54) is 12.1 Å². The summed E-state index contributed by atoms with van der Waals surface area (Å²) in [4.78, 5) is 12.5. The fourth-order valence-electron chi connectivity index (χ4n) is 2.54. The van der Waals surface area contributed by atoms with Crippen LogP contribution in [0.3, 0.4) is 0 Å². The molecular weight excluding hydrogens is 281 g/mol. The van der Waals surface area contributed by atoms with Crippen LogP contribution < -0.4 is 5.32 Å². The van der Waals surface area contributed by atoms with E-state index in [0.29, 0.717) is 12.1 Å². The first-order valence-electron chi connectivity index (χ1n) is 7.71. The number of aliphatic hydroxyl groups is 1. The number of hydrogen-bond acceptors (Lipinski definition) is 2. The van der Waals surface area contributed by atoms with Crippen molar-refractivity contribution in [3.8, 4) is 0 Å².